The summed E-state index contributed by atoms with van der Waals surface area (Å²) >= 11 is 0. The molecule has 74 valence electrons. The minimum atomic E-state index is -0.795. The van der Waals surface area contributed by atoms with Crippen LogP contribution in [0.5, 0.6) is 0 Å². The van der Waals surface area contributed by atoms with E-state index in [1.807, 2.05) is 0 Å². The smallest absolute Gasteiger partial charge is 0.322 e. The van der Waals surface area contributed by atoms with E-state index in [0.29, 0.717) is 0 Å². The van der Waals surface area contributed by atoms with Crippen LogP contribution in [0.3, 0.4) is 0 Å². The van der Waals surface area contributed by atoms with E-state index in [9.17, 15) is 9.59 Å². The van der Waals surface area contributed by atoms with Gasteiger partial charge in [0.1, 0.15) is 5.54 Å². The molecule has 0 aromatic rings. The van der Waals surface area contributed by atoms with Gasteiger partial charge in [-0.3, -0.25) is 10.1 Å². The number of imide groups is 1. The molecule has 13 heavy (non-hydrogen) atoms. The summed E-state index contributed by atoms with van der Waals surface area (Å²) in [6.45, 7) is 0.190. The first-order valence-electron chi connectivity index (χ1n) is 4.03. The van der Waals surface area contributed by atoms with Crippen molar-refractivity contribution in [3.05, 3.63) is 0 Å². The number of carbonyl (C=O) groups excluding carboxylic acids is 2. The van der Waals surface area contributed by atoms with E-state index < -0.39 is 11.6 Å². The zero-order valence-corrected chi connectivity index (χ0v) is 7.82. The molecule has 2 fully saturated rings. The van der Waals surface area contributed by atoms with Crippen molar-refractivity contribution in [3.63, 3.8) is 0 Å². The molecule has 4 N–H and O–H groups in total. The Bertz CT molecular complexity index is 254. The van der Waals surface area contributed by atoms with Crippen molar-refractivity contribution in [1.29, 1.82) is 0 Å². The lowest BCUT2D eigenvalue weighted by atomic mass is 9.94. The van der Waals surface area contributed by atoms with Crippen LogP contribution in [0.15, 0.2) is 0 Å². The first-order valence-corrected chi connectivity index (χ1v) is 4.03. The van der Waals surface area contributed by atoms with Crippen molar-refractivity contribution in [2.24, 2.45) is 11.7 Å². The zero-order valence-electron chi connectivity index (χ0n) is 7.00. The molecule has 2 aliphatic rings. The topological polar surface area (TPSA) is 84.2 Å². The highest BCUT2D eigenvalue weighted by atomic mass is 35.5. The Morgan fingerprint density at radius 3 is 2.38 bits per heavy atom. The Kier molecular flexibility index (Phi) is 2.49. The molecule has 3 amide bonds. The predicted octanol–water partition coefficient (Wildman–Crippen LogP) is -0.645. The third-order valence-corrected chi connectivity index (χ3v) is 2.57. The summed E-state index contributed by atoms with van der Waals surface area (Å²) in [5.41, 5.74) is 4.69. The largest absolute Gasteiger partial charge is 0.328 e. The summed E-state index contributed by atoms with van der Waals surface area (Å²) in [4.78, 5) is 22.2. The van der Waals surface area contributed by atoms with Gasteiger partial charge in [0.2, 0.25) is 0 Å². The van der Waals surface area contributed by atoms with Crippen LogP contribution in [0.25, 0.3) is 0 Å². The van der Waals surface area contributed by atoms with Gasteiger partial charge in [-0.05, 0) is 18.8 Å². The summed E-state index contributed by atoms with van der Waals surface area (Å²) in [6.07, 6.45) is 1.95. The van der Waals surface area contributed by atoms with E-state index in [2.05, 4.69) is 10.6 Å². The van der Waals surface area contributed by atoms with Crippen molar-refractivity contribution in [3.8, 4) is 0 Å². The Balaban J connectivity index is 0.000000845. The van der Waals surface area contributed by atoms with Crippen LogP contribution in [0.1, 0.15) is 12.8 Å². The van der Waals surface area contributed by atoms with Gasteiger partial charge in [0.15, 0.2) is 0 Å². The van der Waals surface area contributed by atoms with Crippen LogP contribution < -0.4 is 16.4 Å². The molecule has 0 radical (unpaired) electrons. The molecule has 1 aliphatic carbocycles. The number of nitrogens with one attached hydrogen (secondary N) is 2. The lowest BCUT2D eigenvalue weighted by Crippen LogP contribution is -2.54. The summed E-state index contributed by atoms with van der Waals surface area (Å²) in [6, 6.07) is -0.419. The monoisotopic (exact) mass is 205 g/mol. The molecule has 1 atom stereocenters. The molecule has 0 unspecified atom stereocenters. The first-order chi connectivity index (χ1) is 5.69. The van der Waals surface area contributed by atoms with Crippen molar-refractivity contribution in [2.75, 3.05) is 6.54 Å². The average molecular weight is 206 g/mol. The van der Waals surface area contributed by atoms with E-state index in [4.69, 9.17) is 5.73 Å². The van der Waals surface area contributed by atoms with Gasteiger partial charge in [-0.15, -0.1) is 12.4 Å². The number of rotatable bonds is 2. The fourth-order valence-corrected chi connectivity index (χ4v) is 1.68. The Morgan fingerprint density at radius 2 is 2.08 bits per heavy atom. The number of hydrogen-bond acceptors (Lipinski definition) is 3. The quantitative estimate of drug-likeness (QED) is 0.524. The molecule has 1 saturated heterocycles. The van der Waals surface area contributed by atoms with Gasteiger partial charge in [0, 0.05) is 6.54 Å². The van der Waals surface area contributed by atoms with E-state index >= 15 is 0 Å². The zero-order chi connectivity index (χ0) is 8.77. The maximum Gasteiger partial charge on any atom is 0.322 e. The molecule has 1 heterocycles. The number of hydrogen-bond donors (Lipinski definition) is 3. The minimum Gasteiger partial charge on any atom is -0.328 e. The molecular formula is C7H12ClN3O2. The van der Waals surface area contributed by atoms with Crippen molar-refractivity contribution in [1.82, 2.24) is 10.6 Å². The maximum atomic E-state index is 11.3. The highest BCUT2D eigenvalue weighted by Crippen LogP contribution is 2.40. The number of nitrogens with two attached hydrogens (primary N) is 1. The summed E-state index contributed by atoms with van der Waals surface area (Å²) in [5.74, 6) is -0.0218. The van der Waals surface area contributed by atoms with Crippen LogP contribution in [0.2, 0.25) is 0 Å². The molecule has 0 spiro atoms. The predicted molar refractivity (Wildman–Crippen MR) is 48.4 cm³/mol. The van der Waals surface area contributed by atoms with Crippen molar-refractivity contribution < 1.29 is 9.59 Å². The van der Waals surface area contributed by atoms with Gasteiger partial charge in [-0.1, -0.05) is 0 Å². The third kappa shape index (κ3) is 1.38. The van der Waals surface area contributed by atoms with Crippen LogP contribution >= 0.6 is 12.4 Å². The third-order valence-electron chi connectivity index (χ3n) is 2.57. The van der Waals surface area contributed by atoms with E-state index in [0.717, 1.165) is 12.8 Å². The SMILES string of the molecule is Cl.NC[C@]1(C2CC2)NC(=O)NC1=O. The van der Waals surface area contributed by atoms with Crippen LogP contribution in [-0.2, 0) is 4.79 Å². The van der Waals surface area contributed by atoms with Gasteiger partial charge in [-0.2, -0.15) is 0 Å². The minimum absolute atomic E-state index is 0. The molecule has 6 heteroatoms. The van der Waals surface area contributed by atoms with E-state index in [1.54, 1.807) is 0 Å². The number of urea groups is 1. The second kappa shape index (κ2) is 3.16. The standard InChI is InChI=1S/C7H11N3O2.ClH/c8-3-7(4-1-2-4)5(11)9-6(12)10-7;/h4H,1-3,8H2,(H2,9,10,11,12);1H/t7-;/m1./s1. The van der Waals surface area contributed by atoms with Crippen molar-refractivity contribution >= 4 is 24.3 Å². The molecule has 1 saturated carbocycles. The fourth-order valence-electron chi connectivity index (χ4n) is 1.68. The maximum absolute atomic E-state index is 11.3. The molecule has 1 aliphatic heterocycles. The number of amides is 3. The lowest BCUT2D eigenvalue weighted by molar-refractivity contribution is -0.124. The number of carbonyl (C=O) groups is 2. The van der Waals surface area contributed by atoms with Crippen molar-refractivity contribution in [2.45, 2.75) is 18.4 Å². The molecule has 0 bridgehead atoms. The van der Waals surface area contributed by atoms with Crippen LogP contribution in [0, 0.1) is 5.92 Å². The summed E-state index contributed by atoms with van der Waals surface area (Å²) < 4.78 is 0. The first kappa shape index (κ1) is 10.3. The van der Waals surface area contributed by atoms with Gasteiger partial charge >= 0.3 is 6.03 Å². The Morgan fingerprint density at radius 1 is 1.46 bits per heavy atom. The van der Waals surface area contributed by atoms with Gasteiger partial charge in [0.25, 0.3) is 5.91 Å². The van der Waals surface area contributed by atoms with Gasteiger partial charge in [0.05, 0.1) is 0 Å². The van der Waals surface area contributed by atoms with Gasteiger partial charge < -0.3 is 11.1 Å². The van der Waals surface area contributed by atoms with Crippen LogP contribution in [0.4, 0.5) is 4.79 Å². The lowest BCUT2D eigenvalue weighted by Gasteiger charge is -2.23. The Hall–Kier alpha value is -0.810. The molecule has 5 nitrogen and oxygen atoms in total. The molecular weight excluding hydrogens is 194 g/mol. The number of halogens is 1. The average Bonchev–Trinajstić information content (AvgIpc) is 2.79. The highest BCUT2D eigenvalue weighted by molar-refractivity contribution is 6.07. The molecule has 0 aromatic heterocycles. The highest BCUT2D eigenvalue weighted by Gasteiger charge is 2.54. The second-order valence-corrected chi connectivity index (χ2v) is 3.36. The van der Waals surface area contributed by atoms with E-state index in [-0.39, 0.29) is 30.8 Å². The summed E-state index contributed by atoms with van der Waals surface area (Å²) in [7, 11) is 0. The molecule has 2 rings (SSSR count). The van der Waals surface area contributed by atoms with Gasteiger partial charge in [-0.25, -0.2) is 4.79 Å². The Labute approximate surface area is 81.8 Å². The van der Waals surface area contributed by atoms with Crippen LogP contribution in [-0.4, -0.2) is 24.0 Å². The fraction of sp³-hybridized carbons (Fsp3) is 0.714. The molecule has 0 aromatic carbocycles. The summed E-state index contributed by atoms with van der Waals surface area (Å²) in [5, 5.41) is 4.82. The van der Waals surface area contributed by atoms with E-state index in [1.165, 1.54) is 0 Å². The normalized spacial score (nSPS) is 32.1. The second-order valence-electron chi connectivity index (χ2n) is 3.36.